The molecule has 2 aromatic carbocycles. The predicted octanol–water partition coefficient (Wildman–Crippen LogP) is 4.87. The summed E-state index contributed by atoms with van der Waals surface area (Å²) in [7, 11) is 3.51. The van der Waals surface area contributed by atoms with Crippen LogP contribution in [0.5, 0.6) is 0 Å². The Bertz CT molecular complexity index is 1060. The molecule has 174 valence electrons. The number of rotatable bonds is 7. The summed E-state index contributed by atoms with van der Waals surface area (Å²) < 4.78 is 15.7. The SMILES string of the molecule is C[C@H](c1nnc(S[C@H](C(=O)N(C)C)c2ccccc2)n1-c1ccc(F)cc1)N1CCCCC1. The van der Waals surface area contributed by atoms with Gasteiger partial charge in [-0.25, -0.2) is 4.39 Å². The van der Waals surface area contributed by atoms with E-state index in [1.54, 1.807) is 31.1 Å². The van der Waals surface area contributed by atoms with E-state index >= 15 is 0 Å². The Morgan fingerprint density at radius 2 is 1.67 bits per heavy atom. The molecule has 2 heterocycles. The average molecular weight is 468 g/mol. The first-order chi connectivity index (χ1) is 16.0. The highest BCUT2D eigenvalue weighted by Crippen LogP contribution is 2.38. The Hall–Kier alpha value is -2.71. The van der Waals surface area contributed by atoms with E-state index in [0.29, 0.717) is 5.16 Å². The van der Waals surface area contributed by atoms with Gasteiger partial charge in [0, 0.05) is 19.8 Å². The number of benzene rings is 2. The molecule has 8 heteroatoms. The number of likely N-dealkylation sites (tertiary alicyclic amines) is 1. The number of aromatic nitrogens is 3. The minimum absolute atomic E-state index is 0.0227. The number of amides is 1. The van der Waals surface area contributed by atoms with Crippen LogP contribution >= 0.6 is 11.8 Å². The molecule has 1 aromatic heterocycles. The van der Waals surface area contributed by atoms with Crippen molar-refractivity contribution in [3.05, 3.63) is 71.8 Å². The molecule has 4 rings (SSSR count). The van der Waals surface area contributed by atoms with Crippen LogP contribution in [0.15, 0.2) is 59.8 Å². The van der Waals surface area contributed by atoms with Gasteiger partial charge in [-0.05, 0) is 62.7 Å². The molecule has 1 fully saturated rings. The maximum Gasteiger partial charge on any atom is 0.240 e. The highest BCUT2D eigenvalue weighted by Gasteiger charge is 2.30. The second-order valence-electron chi connectivity index (χ2n) is 8.57. The highest BCUT2D eigenvalue weighted by atomic mass is 32.2. The van der Waals surface area contributed by atoms with Gasteiger partial charge in [-0.1, -0.05) is 48.5 Å². The van der Waals surface area contributed by atoms with Gasteiger partial charge in [0.15, 0.2) is 11.0 Å². The Labute approximate surface area is 198 Å². The van der Waals surface area contributed by atoms with Crippen molar-refractivity contribution < 1.29 is 9.18 Å². The van der Waals surface area contributed by atoms with Gasteiger partial charge in [0.25, 0.3) is 0 Å². The number of carbonyl (C=O) groups is 1. The van der Waals surface area contributed by atoms with E-state index < -0.39 is 5.25 Å². The maximum absolute atomic E-state index is 13.7. The predicted molar refractivity (Wildman–Crippen MR) is 129 cm³/mol. The topological polar surface area (TPSA) is 54.3 Å². The average Bonchev–Trinajstić information content (AvgIpc) is 3.26. The van der Waals surface area contributed by atoms with Crippen LogP contribution in [0.25, 0.3) is 5.69 Å². The van der Waals surface area contributed by atoms with Crippen molar-refractivity contribution in [2.45, 2.75) is 42.6 Å². The van der Waals surface area contributed by atoms with Crippen LogP contribution in [0.3, 0.4) is 0 Å². The largest absolute Gasteiger partial charge is 0.348 e. The van der Waals surface area contributed by atoms with Gasteiger partial charge < -0.3 is 4.90 Å². The first-order valence-electron chi connectivity index (χ1n) is 11.3. The second kappa shape index (κ2) is 10.5. The van der Waals surface area contributed by atoms with Gasteiger partial charge in [-0.2, -0.15) is 0 Å². The number of hydrogen-bond acceptors (Lipinski definition) is 5. The van der Waals surface area contributed by atoms with Gasteiger partial charge in [0.2, 0.25) is 5.91 Å². The summed E-state index contributed by atoms with van der Waals surface area (Å²) in [5, 5.41) is 9.24. The molecular formula is C25H30FN5OS. The first kappa shape index (κ1) is 23.4. The van der Waals surface area contributed by atoms with Gasteiger partial charge in [-0.3, -0.25) is 14.3 Å². The molecule has 0 spiro atoms. The third kappa shape index (κ3) is 5.28. The molecular weight excluding hydrogens is 437 g/mol. The van der Waals surface area contributed by atoms with Crippen LogP contribution in [0.4, 0.5) is 4.39 Å². The number of halogens is 1. The van der Waals surface area contributed by atoms with Crippen molar-refractivity contribution in [2.75, 3.05) is 27.2 Å². The molecule has 3 aromatic rings. The lowest BCUT2D eigenvalue weighted by atomic mass is 10.1. The van der Waals surface area contributed by atoms with Crippen molar-refractivity contribution in [3.63, 3.8) is 0 Å². The lowest BCUT2D eigenvalue weighted by Crippen LogP contribution is -2.33. The molecule has 33 heavy (non-hydrogen) atoms. The zero-order valence-corrected chi connectivity index (χ0v) is 20.1. The molecule has 0 unspecified atom stereocenters. The van der Waals surface area contributed by atoms with E-state index in [0.717, 1.165) is 30.2 Å². The highest BCUT2D eigenvalue weighted by molar-refractivity contribution is 8.00. The lowest BCUT2D eigenvalue weighted by Gasteiger charge is -2.32. The second-order valence-corrected chi connectivity index (χ2v) is 9.64. The van der Waals surface area contributed by atoms with Gasteiger partial charge >= 0.3 is 0 Å². The van der Waals surface area contributed by atoms with E-state index in [1.807, 2.05) is 34.9 Å². The van der Waals surface area contributed by atoms with Crippen molar-refractivity contribution in [1.82, 2.24) is 24.6 Å². The summed E-state index contributed by atoms with van der Waals surface area (Å²) >= 11 is 1.37. The number of nitrogens with zero attached hydrogens (tertiary/aromatic N) is 5. The minimum atomic E-state index is -0.470. The van der Waals surface area contributed by atoms with Gasteiger partial charge in [0.05, 0.1) is 6.04 Å². The molecule has 0 radical (unpaired) electrons. The molecule has 2 atom stereocenters. The van der Waals surface area contributed by atoms with E-state index in [1.165, 1.54) is 43.2 Å². The van der Waals surface area contributed by atoms with E-state index in [-0.39, 0.29) is 17.8 Å². The minimum Gasteiger partial charge on any atom is -0.348 e. The smallest absolute Gasteiger partial charge is 0.240 e. The van der Waals surface area contributed by atoms with E-state index in [4.69, 9.17) is 0 Å². The van der Waals surface area contributed by atoms with Crippen LogP contribution < -0.4 is 0 Å². The molecule has 0 saturated carbocycles. The zero-order valence-electron chi connectivity index (χ0n) is 19.3. The van der Waals surface area contributed by atoms with E-state index in [9.17, 15) is 9.18 Å². The summed E-state index contributed by atoms with van der Waals surface area (Å²) in [6, 6.07) is 16.1. The fourth-order valence-electron chi connectivity index (χ4n) is 4.16. The number of thioether (sulfide) groups is 1. The van der Waals surface area contributed by atoms with Gasteiger partial charge in [-0.15, -0.1) is 10.2 Å². The lowest BCUT2D eigenvalue weighted by molar-refractivity contribution is -0.128. The number of carbonyl (C=O) groups excluding carboxylic acids is 1. The van der Waals surface area contributed by atoms with Crippen molar-refractivity contribution in [3.8, 4) is 5.69 Å². The Kier molecular flexibility index (Phi) is 7.45. The van der Waals surface area contributed by atoms with Crippen molar-refractivity contribution >= 4 is 17.7 Å². The number of hydrogen-bond donors (Lipinski definition) is 0. The zero-order chi connectivity index (χ0) is 23.4. The molecule has 0 N–H and O–H groups in total. The van der Waals surface area contributed by atoms with Crippen LogP contribution in [-0.4, -0.2) is 57.7 Å². The summed E-state index contributed by atoms with van der Waals surface area (Å²) in [6.45, 7) is 4.18. The monoisotopic (exact) mass is 467 g/mol. The molecule has 0 bridgehead atoms. The van der Waals surface area contributed by atoms with Crippen LogP contribution in [0.1, 0.15) is 48.9 Å². The van der Waals surface area contributed by atoms with Crippen molar-refractivity contribution in [2.24, 2.45) is 0 Å². The molecule has 1 aliphatic rings. The molecule has 1 amide bonds. The third-order valence-electron chi connectivity index (χ3n) is 6.05. The number of piperidine rings is 1. The van der Waals surface area contributed by atoms with Crippen molar-refractivity contribution in [1.29, 1.82) is 0 Å². The third-order valence-corrected chi connectivity index (χ3v) is 7.23. The molecule has 1 aliphatic heterocycles. The molecule has 0 aliphatic carbocycles. The van der Waals surface area contributed by atoms with Crippen LogP contribution in [0, 0.1) is 5.82 Å². The summed E-state index contributed by atoms with van der Waals surface area (Å²) in [6.07, 6.45) is 3.59. The van der Waals surface area contributed by atoms with Gasteiger partial charge in [0.1, 0.15) is 11.1 Å². The first-order valence-corrected chi connectivity index (χ1v) is 12.2. The number of likely N-dealkylation sites (N-methyl/N-ethyl adjacent to an activating group) is 1. The summed E-state index contributed by atoms with van der Waals surface area (Å²) in [4.78, 5) is 17.1. The Morgan fingerprint density at radius 3 is 2.30 bits per heavy atom. The van der Waals surface area contributed by atoms with Crippen LogP contribution in [-0.2, 0) is 4.79 Å². The standard InChI is InChI=1S/C25H30FN5OS/c1-18(30-16-8-5-9-17-30)23-27-28-25(31(23)21-14-12-20(26)13-15-21)33-22(24(32)29(2)3)19-10-6-4-7-11-19/h4,6-7,10-15,18,22H,5,8-9,16-17H2,1-3H3/t18-,22+/m1/s1. The quantitative estimate of drug-likeness (QED) is 0.464. The van der Waals surface area contributed by atoms with E-state index in [2.05, 4.69) is 22.0 Å². The fourth-order valence-corrected chi connectivity index (χ4v) is 5.37. The van der Waals surface area contributed by atoms with Crippen LogP contribution in [0.2, 0.25) is 0 Å². The maximum atomic E-state index is 13.7. The Morgan fingerprint density at radius 1 is 1.00 bits per heavy atom. The fraction of sp³-hybridized carbons (Fsp3) is 0.400. The molecule has 6 nitrogen and oxygen atoms in total. The molecule has 1 saturated heterocycles. The summed E-state index contributed by atoms with van der Waals surface area (Å²) in [5.74, 6) is 0.484. The summed E-state index contributed by atoms with van der Waals surface area (Å²) in [5.41, 5.74) is 1.69. The normalized spacial score (nSPS) is 16.4. The Balaban J connectivity index is 1.76.